The van der Waals surface area contributed by atoms with Gasteiger partial charge in [-0.2, -0.15) is 5.26 Å². The van der Waals surface area contributed by atoms with Gasteiger partial charge in [-0.3, -0.25) is 0 Å². The number of hydrogen-bond donors (Lipinski definition) is 0. The Balaban J connectivity index is 2.28. The zero-order chi connectivity index (χ0) is 11.0. The molecule has 0 unspecified atom stereocenters. The first kappa shape index (κ1) is 9.73. The maximum absolute atomic E-state index is 8.81. The van der Waals surface area contributed by atoms with Crippen molar-refractivity contribution in [3.63, 3.8) is 0 Å². The van der Waals surface area contributed by atoms with Gasteiger partial charge in [-0.05, 0) is 31.2 Å². The second kappa shape index (κ2) is 3.84. The van der Waals surface area contributed by atoms with E-state index in [0.29, 0.717) is 6.42 Å². The summed E-state index contributed by atoms with van der Waals surface area (Å²) in [5, 5.41) is 9.98. The van der Waals surface area contributed by atoms with Crippen LogP contribution in [-0.2, 0) is 19.3 Å². The summed E-state index contributed by atoms with van der Waals surface area (Å²) in [7, 11) is 0. The van der Waals surface area contributed by atoms with E-state index in [9.17, 15) is 0 Å². The fourth-order valence-corrected chi connectivity index (χ4v) is 3.61. The maximum Gasteiger partial charge on any atom is 0.127 e. The third-order valence-corrected chi connectivity index (χ3v) is 4.28. The number of hydrogen-bond acceptors (Lipinski definition) is 4. The molecule has 0 N–H and O–H groups in total. The van der Waals surface area contributed by atoms with Crippen molar-refractivity contribution in [3.05, 3.63) is 22.5 Å². The summed E-state index contributed by atoms with van der Waals surface area (Å²) in [4.78, 5) is 11.1. The molecule has 1 aliphatic rings. The van der Waals surface area contributed by atoms with Crippen LogP contribution in [0.1, 0.15) is 29.0 Å². The Morgan fingerprint density at radius 2 is 2.19 bits per heavy atom. The lowest BCUT2D eigenvalue weighted by atomic mass is 9.96. The van der Waals surface area contributed by atoms with Gasteiger partial charge in [0, 0.05) is 10.3 Å². The molecule has 0 spiro atoms. The molecule has 2 heterocycles. The van der Waals surface area contributed by atoms with Crippen molar-refractivity contribution < 1.29 is 0 Å². The van der Waals surface area contributed by atoms with E-state index >= 15 is 0 Å². The number of nitrogens with zero attached hydrogens (tertiary/aromatic N) is 3. The van der Waals surface area contributed by atoms with Crippen molar-refractivity contribution in [2.24, 2.45) is 0 Å². The normalized spacial score (nSPS) is 14.7. The number of thiophene rings is 1. The zero-order valence-corrected chi connectivity index (χ0v) is 9.68. The number of aromatic nitrogens is 2. The molecule has 0 atom stereocenters. The first-order chi connectivity index (χ1) is 7.90. The van der Waals surface area contributed by atoms with Gasteiger partial charge in [-0.25, -0.2) is 9.97 Å². The Labute approximate surface area is 97.8 Å². The lowest BCUT2D eigenvalue weighted by Crippen LogP contribution is -2.00. The highest BCUT2D eigenvalue weighted by Gasteiger charge is 2.19. The van der Waals surface area contributed by atoms with Gasteiger partial charge in [-0.15, -0.1) is 11.3 Å². The summed E-state index contributed by atoms with van der Waals surface area (Å²) in [5.74, 6) is 0. The zero-order valence-electron chi connectivity index (χ0n) is 8.86. The molecule has 3 rings (SSSR count). The van der Waals surface area contributed by atoms with Gasteiger partial charge in [0.15, 0.2) is 0 Å². The fraction of sp³-hybridized carbons (Fsp3) is 0.417. The van der Waals surface area contributed by atoms with Crippen molar-refractivity contribution in [1.29, 1.82) is 5.26 Å². The summed E-state index contributed by atoms with van der Waals surface area (Å²) in [6.07, 6.45) is 6.79. The molecule has 0 saturated heterocycles. The highest BCUT2D eigenvalue weighted by atomic mass is 32.1. The SMILES string of the molecule is N#CCc1ncnc2sc3c(c12)CCCC3. The summed E-state index contributed by atoms with van der Waals surface area (Å²) in [6.45, 7) is 0. The second-order valence-corrected chi connectivity index (χ2v) is 5.13. The Hall–Kier alpha value is -1.47. The van der Waals surface area contributed by atoms with Crippen LogP contribution in [0.5, 0.6) is 0 Å². The molecule has 80 valence electrons. The van der Waals surface area contributed by atoms with Crippen molar-refractivity contribution in [2.75, 3.05) is 0 Å². The maximum atomic E-state index is 8.81. The van der Waals surface area contributed by atoms with Gasteiger partial charge >= 0.3 is 0 Å². The molecule has 3 nitrogen and oxygen atoms in total. The standard InChI is InChI=1S/C12H11N3S/c13-6-5-9-11-8-3-1-2-4-10(8)16-12(11)15-7-14-9/h7H,1-5H2. The molecule has 0 saturated carbocycles. The highest BCUT2D eigenvalue weighted by Crippen LogP contribution is 2.36. The minimum absolute atomic E-state index is 0.391. The van der Waals surface area contributed by atoms with Crippen LogP contribution >= 0.6 is 11.3 Å². The fourth-order valence-electron chi connectivity index (χ4n) is 2.36. The quantitative estimate of drug-likeness (QED) is 0.755. The van der Waals surface area contributed by atoms with Crippen molar-refractivity contribution in [1.82, 2.24) is 9.97 Å². The minimum Gasteiger partial charge on any atom is -0.240 e. The van der Waals surface area contributed by atoms with E-state index in [1.807, 2.05) is 0 Å². The van der Waals surface area contributed by atoms with Crippen molar-refractivity contribution in [3.8, 4) is 6.07 Å². The minimum atomic E-state index is 0.391. The van der Waals surface area contributed by atoms with E-state index < -0.39 is 0 Å². The molecule has 0 fully saturated rings. The predicted molar refractivity (Wildman–Crippen MR) is 63.4 cm³/mol. The first-order valence-corrected chi connectivity index (χ1v) is 6.33. The first-order valence-electron chi connectivity index (χ1n) is 5.51. The predicted octanol–water partition coefficient (Wildman–Crippen LogP) is 2.64. The summed E-state index contributed by atoms with van der Waals surface area (Å²) < 4.78 is 0. The van der Waals surface area contributed by atoms with Crippen LogP contribution in [-0.4, -0.2) is 9.97 Å². The van der Waals surface area contributed by atoms with Crippen LogP contribution in [0.25, 0.3) is 10.2 Å². The van der Waals surface area contributed by atoms with Crippen LogP contribution in [0, 0.1) is 11.3 Å². The number of rotatable bonds is 1. The van der Waals surface area contributed by atoms with E-state index in [4.69, 9.17) is 5.26 Å². The molecule has 0 bridgehead atoms. The molecule has 0 radical (unpaired) electrons. The summed E-state index contributed by atoms with van der Waals surface area (Å²) >= 11 is 1.78. The lowest BCUT2D eigenvalue weighted by Gasteiger charge is -2.10. The lowest BCUT2D eigenvalue weighted by molar-refractivity contribution is 0.700. The molecule has 0 aromatic carbocycles. The van der Waals surface area contributed by atoms with E-state index in [-0.39, 0.29) is 0 Å². The molecule has 1 aliphatic carbocycles. The third-order valence-electron chi connectivity index (χ3n) is 3.08. The van der Waals surface area contributed by atoms with Crippen molar-refractivity contribution >= 4 is 21.6 Å². The highest BCUT2D eigenvalue weighted by molar-refractivity contribution is 7.18. The number of aryl methyl sites for hydroxylation is 2. The van der Waals surface area contributed by atoms with Crippen LogP contribution in [0.4, 0.5) is 0 Å². The largest absolute Gasteiger partial charge is 0.240 e. The van der Waals surface area contributed by atoms with E-state index in [0.717, 1.165) is 16.9 Å². The van der Waals surface area contributed by atoms with Gasteiger partial charge in [0.25, 0.3) is 0 Å². The van der Waals surface area contributed by atoms with Gasteiger partial charge in [0.05, 0.1) is 18.2 Å². The molecule has 4 heteroatoms. The van der Waals surface area contributed by atoms with Crippen LogP contribution < -0.4 is 0 Å². The van der Waals surface area contributed by atoms with Crippen LogP contribution in [0.2, 0.25) is 0 Å². The second-order valence-electron chi connectivity index (χ2n) is 4.05. The molecular weight excluding hydrogens is 218 g/mol. The molecule has 0 aliphatic heterocycles. The Morgan fingerprint density at radius 3 is 3.06 bits per heavy atom. The molecule has 2 aromatic heterocycles. The number of nitriles is 1. The Morgan fingerprint density at radius 1 is 1.31 bits per heavy atom. The smallest absolute Gasteiger partial charge is 0.127 e. The van der Waals surface area contributed by atoms with Crippen LogP contribution in [0.15, 0.2) is 6.33 Å². The Kier molecular flexibility index (Phi) is 2.33. The molecule has 16 heavy (non-hydrogen) atoms. The third kappa shape index (κ3) is 1.40. The van der Waals surface area contributed by atoms with Gasteiger partial charge in [0.2, 0.25) is 0 Å². The average molecular weight is 229 g/mol. The van der Waals surface area contributed by atoms with Crippen molar-refractivity contribution in [2.45, 2.75) is 32.1 Å². The Bertz CT molecular complexity index is 580. The monoisotopic (exact) mass is 229 g/mol. The molecular formula is C12H11N3S. The van der Waals surface area contributed by atoms with E-state index in [1.54, 1.807) is 17.7 Å². The van der Waals surface area contributed by atoms with Crippen LogP contribution in [0.3, 0.4) is 0 Å². The molecule has 0 amide bonds. The summed E-state index contributed by atoms with van der Waals surface area (Å²) in [6, 6.07) is 2.19. The van der Waals surface area contributed by atoms with Gasteiger partial charge < -0.3 is 0 Å². The van der Waals surface area contributed by atoms with Gasteiger partial charge in [-0.1, -0.05) is 0 Å². The van der Waals surface area contributed by atoms with E-state index in [2.05, 4.69) is 16.0 Å². The number of fused-ring (bicyclic) bond motifs is 3. The average Bonchev–Trinajstić information content (AvgIpc) is 2.68. The summed E-state index contributed by atoms with van der Waals surface area (Å²) in [5.41, 5.74) is 2.32. The van der Waals surface area contributed by atoms with E-state index in [1.165, 1.54) is 35.1 Å². The molecule has 2 aromatic rings. The van der Waals surface area contributed by atoms with Gasteiger partial charge in [0.1, 0.15) is 11.2 Å². The topological polar surface area (TPSA) is 49.6 Å².